The third kappa shape index (κ3) is 4.44. The van der Waals surface area contributed by atoms with Crippen LogP contribution in [-0.4, -0.2) is 15.0 Å². The van der Waals surface area contributed by atoms with Crippen molar-refractivity contribution in [2.45, 2.75) is 18.0 Å². The first-order chi connectivity index (χ1) is 14.3. The number of benzene rings is 2. The Morgan fingerprint density at radius 3 is 2.53 bits per heavy atom. The molecule has 0 bridgehead atoms. The molecule has 1 atom stereocenters. The molecular formula is C22H19FN2O4S. The first kappa shape index (κ1) is 19.9. The van der Waals surface area contributed by atoms with Crippen molar-refractivity contribution in [3.05, 3.63) is 94.6 Å². The lowest BCUT2D eigenvalue weighted by Crippen LogP contribution is -2.09. The van der Waals surface area contributed by atoms with Crippen molar-refractivity contribution in [1.29, 1.82) is 4.78 Å². The standard InChI is InChI=1S/C22H19FN2O4S/c1-30(24,27)20-6-2-15(3-7-20)13-29-22-14-28-19(9-21(22)26)12-25-10-16-4-5-18(23)8-17(16)11-25/h2-11,14,24H,12-13H2,1H3. The van der Waals surface area contributed by atoms with Gasteiger partial charge in [-0.1, -0.05) is 12.1 Å². The van der Waals surface area contributed by atoms with E-state index < -0.39 is 9.73 Å². The van der Waals surface area contributed by atoms with Crippen LogP contribution in [0.4, 0.5) is 4.39 Å². The number of rotatable bonds is 6. The van der Waals surface area contributed by atoms with Crippen LogP contribution in [0.3, 0.4) is 0 Å². The van der Waals surface area contributed by atoms with E-state index in [-0.39, 0.29) is 23.6 Å². The van der Waals surface area contributed by atoms with Gasteiger partial charge >= 0.3 is 0 Å². The van der Waals surface area contributed by atoms with Gasteiger partial charge in [0.1, 0.15) is 24.4 Å². The van der Waals surface area contributed by atoms with Gasteiger partial charge in [-0.15, -0.1) is 0 Å². The minimum Gasteiger partial charge on any atom is -0.482 e. The van der Waals surface area contributed by atoms with E-state index >= 15 is 0 Å². The molecule has 4 aromatic rings. The van der Waals surface area contributed by atoms with E-state index in [2.05, 4.69) is 0 Å². The lowest BCUT2D eigenvalue weighted by molar-refractivity contribution is 0.289. The second kappa shape index (κ2) is 7.79. The maximum absolute atomic E-state index is 13.3. The van der Waals surface area contributed by atoms with E-state index in [9.17, 15) is 13.4 Å². The zero-order valence-electron chi connectivity index (χ0n) is 16.1. The summed E-state index contributed by atoms with van der Waals surface area (Å²) in [4.78, 5) is 12.8. The maximum Gasteiger partial charge on any atom is 0.227 e. The molecule has 6 nitrogen and oxygen atoms in total. The summed E-state index contributed by atoms with van der Waals surface area (Å²) in [6, 6.07) is 12.6. The smallest absolute Gasteiger partial charge is 0.227 e. The van der Waals surface area contributed by atoms with Crippen molar-refractivity contribution in [1.82, 2.24) is 4.57 Å². The Hall–Kier alpha value is -3.39. The summed E-state index contributed by atoms with van der Waals surface area (Å²) in [6.07, 6.45) is 6.28. The van der Waals surface area contributed by atoms with Crippen LogP contribution in [0.2, 0.25) is 0 Å². The molecule has 2 heterocycles. The Labute approximate surface area is 172 Å². The molecule has 2 aromatic carbocycles. The number of hydrogen-bond acceptors (Lipinski definition) is 5. The predicted octanol–water partition coefficient (Wildman–Crippen LogP) is 4.40. The molecule has 2 aromatic heterocycles. The minimum atomic E-state index is -2.76. The van der Waals surface area contributed by atoms with Crippen molar-refractivity contribution in [3.8, 4) is 5.75 Å². The van der Waals surface area contributed by atoms with Crippen molar-refractivity contribution in [3.63, 3.8) is 0 Å². The summed E-state index contributed by atoms with van der Waals surface area (Å²) >= 11 is 0. The molecule has 1 N–H and O–H groups in total. The molecule has 0 aliphatic heterocycles. The molecule has 0 saturated heterocycles. The summed E-state index contributed by atoms with van der Waals surface area (Å²) in [7, 11) is -2.76. The summed E-state index contributed by atoms with van der Waals surface area (Å²) in [6.45, 7) is 0.471. The fourth-order valence-electron chi connectivity index (χ4n) is 3.07. The Kier molecular flexibility index (Phi) is 5.17. The Bertz CT molecular complexity index is 1370. The molecule has 0 fully saturated rings. The zero-order chi connectivity index (χ0) is 21.3. The average molecular weight is 426 g/mol. The van der Waals surface area contributed by atoms with Crippen LogP contribution < -0.4 is 10.2 Å². The van der Waals surface area contributed by atoms with Gasteiger partial charge in [-0.2, -0.15) is 0 Å². The second-order valence-electron chi connectivity index (χ2n) is 7.05. The van der Waals surface area contributed by atoms with Crippen LogP contribution in [0, 0.1) is 10.6 Å². The fraction of sp³-hybridized carbons (Fsp3) is 0.136. The summed E-state index contributed by atoms with van der Waals surface area (Å²) in [5.74, 6) is 0.235. The number of fused-ring (bicyclic) bond motifs is 1. The van der Waals surface area contributed by atoms with Crippen LogP contribution >= 0.6 is 0 Å². The number of ether oxygens (including phenoxy) is 1. The Morgan fingerprint density at radius 2 is 1.83 bits per heavy atom. The highest BCUT2D eigenvalue weighted by atomic mass is 32.2. The van der Waals surface area contributed by atoms with Crippen molar-refractivity contribution in [2.24, 2.45) is 0 Å². The van der Waals surface area contributed by atoms with E-state index in [4.69, 9.17) is 13.9 Å². The summed E-state index contributed by atoms with van der Waals surface area (Å²) in [5.41, 5.74) is 0.468. The molecule has 0 amide bonds. The first-order valence-electron chi connectivity index (χ1n) is 9.10. The molecule has 0 saturated carbocycles. The van der Waals surface area contributed by atoms with Crippen LogP contribution in [0.5, 0.6) is 5.75 Å². The highest BCUT2D eigenvalue weighted by Gasteiger charge is 2.08. The molecule has 4 rings (SSSR count). The van der Waals surface area contributed by atoms with Gasteiger partial charge in [0.15, 0.2) is 0 Å². The fourth-order valence-corrected chi connectivity index (χ4v) is 3.73. The van der Waals surface area contributed by atoms with E-state index in [0.717, 1.165) is 16.3 Å². The molecule has 8 heteroatoms. The molecule has 0 radical (unpaired) electrons. The van der Waals surface area contributed by atoms with Gasteiger partial charge in [-0.25, -0.2) is 13.4 Å². The largest absolute Gasteiger partial charge is 0.482 e. The van der Waals surface area contributed by atoms with E-state index in [0.29, 0.717) is 17.2 Å². The highest BCUT2D eigenvalue weighted by Crippen LogP contribution is 2.18. The quantitative estimate of drug-likeness (QED) is 0.495. The van der Waals surface area contributed by atoms with E-state index in [1.54, 1.807) is 36.5 Å². The number of nitrogens with one attached hydrogen (secondary N) is 1. The monoisotopic (exact) mass is 426 g/mol. The van der Waals surface area contributed by atoms with Gasteiger partial charge < -0.3 is 13.7 Å². The summed E-state index contributed by atoms with van der Waals surface area (Å²) < 4.78 is 45.5. The van der Waals surface area contributed by atoms with Crippen LogP contribution in [0.15, 0.2) is 81.3 Å². The van der Waals surface area contributed by atoms with Crippen LogP contribution in [0.25, 0.3) is 10.8 Å². The number of hydrogen-bond donors (Lipinski definition) is 1. The van der Waals surface area contributed by atoms with Crippen molar-refractivity contribution in [2.75, 3.05) is 6.26 Å². The number of nitrogens with zero attached hydrogens (tertiary/aromatic N) is 1. The van der Waals surface area contributed by atoms with Crippen LogP contribution in [0.1, 0.15) is 11.3 Å². The molecule has 0 aliphatic carbocycles. The number of halogens is 1. The van der Waals surface area contributed by atoms with Gasteiger partial charge in [0.05, 0.1) is 16.3 Å². The summed E-state index contributed by atoms with van der Waals surface area (Å²) in [5, 5.41) is 1.67. The van der Waals surface area contributed by atoms with E-state index in [1.807, 2.05) is 10.8 Å². The lowest BCUT2D eigenvalue weighted by Gasteiger charge is -2.08. The van der Waals surface area contributed by atoms with Gasteiger partial charge in [0.25, 0.3) is 0 Å². The molecular weight excluding hydrogens is 407 g/mol. The average Bonchev–Trinajstić information content (AvgIpc) is 3.08. The van der Waals surface area contributed by atoms with Crippen LogP contribution in [-0.2, 0) is 22.9 Å². The van der Waals surface area contributed by atoms with Gasteiger partial charge in [-0.3, -0.25) is 4.79 Å². The maximum atomic E-state index is 13.3. The topological polar surface area (TPSA) is 85.3 Å². The van der Waals surface area contributed by atoms with Crippen molar-refractivity contribution < 1.29 is 17.8 Å². The lowest BCUT2D eigenvalue weighted by atomic mass is 10.2. The van der Waals surface area contributed by atoms with E-state index in [1.165, 1.54) is 30.7 Å². The predicted molar refractivity (Wildman–Crippen MR) is 112 cm³/mol. The zero-order valence-corrected chi connectivity index (χ0v) is 16.9. The second-order valence-corrected chi connectivity index (χ2v) is 9.21. The molecule has 1 unspecified atom stereocenters. The highest BCUT2D eigenvalue weighted by molar-refractivity contribution is 7.91. The van der Waals surface area contributed by atoms with Gasteiger partial charge in [0, 0.05) is 35.0 Å². The Balaban J connectivity index is 1.44. The third-order valence-electron chi connectivity index (χ3n) is 4.62. The molecule has 0 spiro atoms. The molecule has 30 heavy (non-hydrogen) atoms. The third-order valence-corrected chi connectivity index (χ3v) is 5.79. The minimum absolute atomic E-state index is 0.0855. The van der Waals surface area contributed by atoms with Crippen molar-refractivity contribution >= 4 is 20.5 Å². The van der Waals surface area contributed by atoms with Gasteiger partial charge in [0.2, 0.25) is 11.2 Å². The normalized spacial score (nSPS) is 13.3. The number of aromatic nitrogens is 1. The van der Waals surface area contributed by atoms with Gasteiger partial charge in [-0.05, 0) is 41.3 Å². The molecule has 0 aliphatic rings. The Morgan fingerprint density at radius 1 is 1.10 bits per heavy atom. The SMILES string of the molecule is CS(=N)(=O)c1ccc(COc2coc(Cn3cc4ccc(F)cc4c3)cc2=O)cc1. The first-order valence-corrected chi connectivity index (χ1v) is 11.1. The molecule has 154 valence electrons.